The fourth-order valence-corrected chi connectivity index (χ4v) is 4.42. The highest BCUT2D eigenvalue weighted by Crippen LogP contribution is 2.31. The molecule has 0 bridgehead atoms. The molecule has 0 fully saturated rings. The first kappa shape index (κ1) is 25.1. The number of ether oxygens (including phenoxy) is 2. The number of rotatable bonds is 9. The Kier molecular flexibility index (Phi) is 7.74. The van der Waals surface area contributed by atoms with E-state index in [1.54, 1.807) is 36.6 Å². The Labute approximate surface area is 210 Å². The molecule has 0 unspecified atom stereocenters. The van der Waals surface area contributed by atoms with E-state index in [2.05, 4.69) is 17.3 Å². The van der Waals surface area contributed by atoms with Gasteiger partial charge in [0, 0.05) is 16.3 Å². The smallest absolute Gasteiger partial charge is 0.359 e. The van der Waals surface area contributed by atoms with Crippen molar-refractivity contribution < 1.29 is 23.5 Å². The van der Waals surface area contributed by atoms with E-state index in [0.717, 1.165) is 34.9 Å². The molecule has 186 valence electrons. The third-order valence-corrected chi connectivity index (χ3v) is 6.18. The molecule has 1 amide bonds. The van der Waals surface area contributed by atoms with Crippen LogP contribution < -0.4 is 15.6 Å². The van der Waals surface area contributed by atoms with Crippen LogP contribution in [-0.4, -0.2) is 34.9 Å². The Bertz CT molecular complexity index is 1460. The summed E-state index contributed by atoms with van der Waals surface area (Å²) in [4.78, 5) is 39.0. The number of hydrogen-bond acceptors (Lipinski definition) is 7. The number of fused-ring (bicyclic) bond motifs is 1. The highest BCUT2D eigenvalue weighted by Gasteiger charge is 2.23. The van der Waals surface area contributed by atoms with Crippen molar-refractivity contribution in [2.45, 2.75) is 26.7 Å². The van der Waals surface area contributed by atoms with E-state index in [1.165, 1.54) is 18.2 Å². The summed E-state index contributed by atoms with van der Waals surface area (Å²) in [6, 6.07) is 11.9. The van der Waals surface area contributed by atoms with Crippen LogP contribution in [0.2, 0.25) is 0 Å². The molecule has 2 aromatic heterocycles. The molecular formula is C26H24FN3O5S. The molecule has 0 spiro atoms. The van der Waals surface area contributed by atoms with Crippen LogP contribution in [-0.2, 0) is 4.74 Å². The topological polar surface area (TPSA) is 99.5 Å². The molecule has 4 aromatic rings. The quantitative estimate of drug-likeness (QED) is 0.246. The van der Waals surface area contributed by atoms with Crippen molar-refractivity contribution in [3.8, 4) is 11.4 Å². The summed E-state index contributed by atoms with van der Waals surface area (Å²) in [6.45, 7) is 4.42. The van der Waals surface area contributed by atoms with Gasteiger partial charge in [-0.15, -0.1) is 11.3 Å². The van der Waals surface area contributed by atoms with Crippen molar-refractivity contribution in [3.63, 3.8) is 0 Å². The number of esters is 1. The van der Waals surface area contributed by atoms with Gasteiger partial charge in [0.25, 0.3) is 11.5 Å². The molecule has 8 nitrogen and oxygen atoms in total. The van der Waals surface area contributed by atoms with Crippen LogP contribution in [0.4, 0.5) is 9.39 Å². The lowest BCUT2D eigenvalue weighted by Gasteiger charge is -2.10. The van der Waals surface area contributed by atoms with Gasteiger partial charge in [0.1, 0.15) is 16.6 Å². The molecule has 0 saturated heterocycles. The number of thiophene rings is 1. The summed E-state index contributed by atoms with van der Waals surface area (Å²) in [5.41, 5.74) is -0.222. The lowest BCUT2D eigenvalue weighted by molar-refractivity contribution is 0.0520. The molecule has 0 atom stereocenters. The van der Waals surface area contributed by atoms with Crippen LogP contribution >= 0.6 is 11.3 Å². The number of amides is 1. The minimum atomic E-state index is -0.734. The highest BCUT2D eigenvalue weighted by molar-refractivity contribution is 7.16. The van der Waals surface area contributed by atoms with Gasteiger partial charge in [-0.1, -0.05) is 19.4 Å². The number of benzene rings is 2. The zero-order valence-electron chi connectivity index (χ0n) is 19.7. The van der Waals surface area contributed by atoms with Gasteiger partial charge in [0.2, 0.25) is 0 Å². The van der Waals surface area contributed by atoms with Gasteiger partial charge >= 0.3 is 5.97 Å². The van der Waals surface area contributed by atoms with Crippen LogP contribution in [0, 0.1) is 5.82 Å². The fraction of sp³-hybridized carbons (Fsp3) is 0.231. The second-order valence-electron chi connectivity index (χ2n) is 7.80. The average molecular weight is 510 g/mol. The lowest BCUT2D eigenvalue weighted by atomic mass is 10.2. The Morgan fingerprint density at radius 3 is 2.61 bits per heavy atom. The third kappa shape index (κ3) is 5.28. The first-order chi connectivity index (χ1) is 17.4. The van der Waals surface area contributed by atoms with Crippen LogP contribution in [0.3, 0.4) is 0 Å². The summed E-state index contributed by atoms with van der Waals surface area (Å²) in [5, 5.41) is 9.04. The molecule has 0 aliphatic carbocycles. The SMILES string of the molecule is CCCCOc1ccc(C(=O)Nc2scc3c(C(=O)OCC)nn(-c4cccc(F)c4)c(=O)c23)cc1. The van der Waals surface area contributed by atoms with E-state index in [-0.39, 0.29) is 33.8 Å². The molecule has 4 rings (SSSR count). The summed E-state index contributed by atoms with van der Waals surface area (Å²) >= 11 is 1.08. The maximum absolute atomic E-state index is 13.9. The summed E-state index contributed by atoms with van der Waals surface area (Å²) in [5.74, 6) is -1.09. The second kappa shape index (κ2) is 11.1. The molecule has 0 saturated carbocycles. The molecular weight excluding hydrogens is 485 g/mol. The van der Waals surface area contributed by atoms with Gasteiger partial charge in [-0.25, -0.2) is 9.18 Å². The molecule has 10 heteroatoms. The maximum atomic E-state index is 13.9. The van der Waals surface area contributed by atoms with Crippen molar-refractivity contribution in [1.82, 2.24) is 9.78 Å². The van der Waals surface area contributed by atoms with Gasteiger partial charge < -0.3 is 14.8 Å². The van der Waals surface area contributed by atoms with Crippen molar-refractivity contribution in [1.29, 1.82) is 0 Å². The predicted molar refractivity (Wildman–Crippen MR) is 136 cm³/mol. The minimum absolute atomic E-state index is 0.0789. The van der Waals surface area contributed by atoms with Gasteiger partial charge in [0.15, 0.2) is 5.69 Å². The number of carbonyl (C=O) groups is 2. The molecule has 0 radical (unpaired) electrons. The van der Waals surface area contributed by atoms with Crippen LogP contribution in [0.5, 0.6) is 5.75 Å². The van der Waals surface area contributed by atoms with Crippen molar-refractivity contribution >= 4 is 39.0 Å². The van der Waals surface area contributed by atoms with Gasteiger partial charge in [0.05, 0.1) is 24.3 Å². The number of unbranched alkanes of at least 4 members (excludes halogenated alkanes) is 1. The zero-order chi connectivity index (χ0) is 25.7. The van der Waals surface area contributed by atoms with E-state index in [9.17, 15) is 18.8 Å². The summed E-state index contributed by atoms with van der Waals surface area (Å²) in [6.07, 6.45) is 1.95. The second-order valence-corrected chi connectivity index (χ2v) is 8.68. The van der Waals surface area contributed by atoms with Crippen LogP contribution in [0.25, 0.3) is 16.5 Å². The van der Waals surface area contributed by atoms with E-state index < -0.39 is 23.3 Å². The van der Waals surface area contributed by atoms with E-state index in [4.69, 9.17) is 9.47 Å². The lowest BCUT2D eigenvalue weighted by Crippen LogP contribution is -2.25. The van der Waals surface area contributed by atoms with Gasteiger partial charge in [-0.2, -0.15) is 9.78 Å². The largest absolute Gasteiger partial charge is 0.494 e. The first-order valence-electron chi connectivity index (χ1n) is 11.4. The van der Waals surface area contributed by atoms with Crippen LogP contribution in [0.1, 0.15) is 47.5 Å². The monoisotopic (exact) mass is 509 g/mol. The normalized spacial score (nSPS) is 10.9. The third-order valence-electron chi connectivity index (χ3n) is 5.28. The Morgan fingerprint density at radius 2 is 1.92 bits per heavy atom. The standard InChI is InChI=1S/C26H24FN3O5S/c1-3-5-13-35-19-11-9-16(10-12-19)23(31)28-24-21-20(15-36-24)22(26(33)34-4-2)29-30(25(21)32)18-8-6-7-17(27)14-18/h6-12,14-15H,3-5,13H2,1-2H3,(H,28,31). The Balaban J connectivity index is 1.72. The summed E-state index contributed by atoms with van der Waals surface area (Å²) < 4.78 is 25.5. The molecule has 36 heavy (non-hydrogen) atoms. The number of aromatic nitrogens is 2. The van der Waals surface area contributed by atoms with Crippen molar-refractivity contribution in [2.24, 2.45) is 0 Å². The van der Waals surface area contributed by atoms with E-state index in [1.807, 2.05) is 0 Å². The Hall–Kier alpha value is -4.05. The number of nitrogens with one attached hydrogen (secondary N) is 1. The first-order valence-corrected chi connectivity index (χ1v) is 12.3. The number of halogens is 1. The molecule has 2 aromatic carbocycles. The number of anilines is 1. The highest BCUT2D eigenvalue weighted by atomic mass is 32.1. The Morgan fingerprint density at radius 1 is 1.14 bits per heavy atom. The molecule has 0 aliphatic heterocycles. The number of nitrogens with zero attached hydrogens (tertiary/aromatic N) is 2. The minimum Gasteiger partial charge on any atom is -0.494 e. The van der Waals surface area contributed by atoms with Crippen molar-refractivity contribution in [2.75, 3.05) is 18.5 Å². The van der Waals surface area contributed by atoms with E-state index >= 15 is 0 Å². The van der Waals surface area contributed by atoms with Crippen molar-refractivity contribution in [3.05, 3.63) is 81.3 Å². The fourth-order valence-electron chi connectivity index (χ4n) is 3.49. The number of hydrogen-bond donors (Lipinski definition) is 1. The molecule has 2 heterocycles. The molecule has 0 aliphatic rings. The average Bonchev–Trinajstić information content (AvgIpc) is 3.29. The maximum Gasteiger partial charge on any atom is 0.359 e. The van der Waals surface area contributed by atoms with Crippen LogP contribution in [0.15, 0.2) is 58.7 Å². The zero-order valence-corrected chi connectivity index (χ0v) is 20.6. The number of carbonyl (C=O) groups excluding carboxylic acids is 2. The summed E-state index contributed by atoms with van der Waals surface area (Å²) in [7, 11) is 0. The van der Waals surface area contributed by atoms with Gasteiger partial charge in [-0.3, -0.25) is 9.59 Å². The van der Waals surface area contributed by atoms with Gasteiger partial charge in [-0.05, 0) is 55.8 Å². The predicted octanol–water partition coefficient (Wildman–Crippen LogP) is 5.19. The van der Waals surface area contributed by atoms with E-state index in [0.29, 0.717) is 17.9 Å². The molecule has 1 N–H and O–H groups in total.